The number of para-hydroxylation sites is 1. The van der Waals surface area contributed by atoms with Crippen molar-refractivity contribution < 1.29 is 33.7 Å². The normalized spacial score (nSPS) is 14.3. The van der Waals surface area contributed by atoms with Crippen molar-refractivity contribution in [3.05, 3.63) is 96.0 Å². The highest BCUT2D eigenvalue weighted by Gasteiger charge is 2.37. The lowest BCUT2D eigenvalue weighted by Gasteiger charge is -2.27. The number of carbonyl (C=O) groups excluding carboxylic acids is 3. The number of ether oxygens (including phenoxy) is 2. The van der Waals surface area contributed by atoms with Crippen molar-refractivity contribution in [3.63, 3.8) is 0 Å². The Bertz CT molecular complexity index is 1610. The number of anilines is 1. The van der Waals surface area contributed by atoms with Crippen LogP contribution in [0.2, 0.25) is 10.0 Å². The van der Waals surface area contributed by atoms with E-state index in [4.69, 9.17) is 32.7 Å². The summed E-state index contributed by atoms with van der Waals surface area (Å²) in [5.41, 5.74) is -1.40. The van der Waals surface area contributed by atoms with Crippen LogP contribution in [0.5, 0.6) is 17.2 Å². The molecule has 1 fully saturated rings. The Morgan fingerprint density at radius 3 is 2.28 bits per heavy atom. The average Bonchev–Trinajstić information content (AvgIpc) is 2.88. The van der Waals surface area contributed by atoms with Crippen LogP contribution in [0.4, 0.5) is 21.9 Å². The van der Waals surface area contributed by atoms with Gasteiger partial charge in [0, 0.05) is 6.07 Å². The molecular weight excluding hydrogens is 559 g/mol. The molecule has 3 aromatic carbocycles. The van der Waals surface area contributed by atoms with E-state index in [1.54, 1.807) is 12.1 Å². The number of hydrogen-bond donors (Lipinski definition) is 1. The lowest BCUT2D eigenvalue weighted by Crippen LogP contribution is -2.54. The van der Waals surface area contributed by atoms with Crippen LogP contribution in [0.25, 0.3) is 6.08 Å². The zero-order valence-electron chi connectivity index (χ0n) is 19.5. The molecule has 0 saturated carbocycles. The van der Waals surface area contributed by atoms with Gasteiger partial charge in [0.2, 0.25) is 5.75 Å². The third-order valence-electron chi connectivity index (χ3n) is 5.32. The number of imide groups is 2. The first-order valence-corrected chi connectivity index (χ1v) is 11.4. The highest BCUT2D eigenvalue weighted by molar-refractivity contribution is 6.42. The Morgan fingerprint density at radius 1 is 0.923 bits per heavy atom. The zero-order valence-corrected chi connectivity index (χ0v) is 21.1. The molecule has 0 aliphatic carbocycles. The predicted molar refractivity (Wildman–Crippen MR) is 138 cm³/mol. The maximum Gasteiger partial charge on any atom is 0.335 e. The van der Waals surface area contributed by atoms with Crippen LogP contribution in [0.3, 0.4) is 0 Å². The zero-order chi connectivity index (χ0) is 28.4. The Balaban J connectivity index is 1.73. The van der Waals surface area contributed by atoms with E-state index in [0.717, 1.165) is 24.3 Å². The predicted octanol–water partition coefficient (Wildman–Crippen LogP) is 5.28. The quantitative estimate of drug-likeness (QED) is 0.171. The third kappa shape index (κ3) is 5.35. The van der Waals surface area contributed by atoms with Gasteiger partial charge in [-0.05, 0) is 42.0 Å². The van der Waals surface area contributed by atoms with Gasteiger partial charge in [-0.25, -0.2) is 9.69 Å². The van der Waals surface area contributed by atoms with Gasteiger partial charge in [-0.15, -0.1) is 0 Å². The molecule has 0 spiro atoms. The lowest BCUT2D eigenvalue weighted by atomic mass is 10.1. The van der Waals surface area contributed by atoms with E-state index >= 15 is 0 Å². The summed E-state index contributed by atoms with van der Waals surface area (Å²) in [5.74, 6) is -2.50. The van der Waals surface area contributed by atoms with Gasteiger partial charge in [0.25, 0.3) is 17.5 Å². The van der Waals surface area contributed by atoms with Gasteiger partial charge in [-0.1, -0.05) is 35.3 Å². The summed E-state index contributed by atoms with van der Waals surface area (Å²) < 4.78 is 10.9. The molecule has 39 heavy (non-hydrogen) atoms. The molecule has 3 aromatic rings. The Hall–Kier alpha value is -5.01. The molecule has 4 amide bonds. The number of urea groups is 1. The number of non-ortho nitro benzene ring substituents is 1. The molecule has 1 aliphatic heterocycles. The van der Waals surface area contributed by atoms with E-state index in [2.05, 4.69) is 5.32 Å². The number of nitro benzene ring substituents is 2. The van der Waals surface area contributed by atoms with Crippen molar-refractivity contribution in [1.29, 1.82) is 0 Å². The van der Waals surface area contributed by atoms with Crippen LogP contribution in [0, 0.1) is 20.2 Å². The number of hydrogen-bond acceptors (Lipinski definition) is 9. The van der Waals surface area contributed by atoms with Gasteiger partial charge in [0.15, 0.2) is 11.5 Å². The first-order chi connectivity index (χ1) is 18.5. The van der Waals surface area contributed by atoms with Crippen LogP contribution in [0.15, 0.2) is 60.2 Å². The molecule has 0 bridgehead atoms. The van der Waals surface area contributed by atoms with E-state index in [1.165, 1.54) is 31.4 Å². The van der Waals surface area contributed by atoms with Crippen molar-refractivity contribution in [2.45, 2.75) is 0 Å². The Labute approximate surface area is 228 Å². The van der Waals surface area contributed by atoms with Crippen LogP contribution < -0.4 is 19.7 Å². The van der Waals surface area contributed by atoms with Gasteiger partial charge in [0.1, 0.15) is 5.57 Å². The third-order valence-corrected chi connectivity index (χ3v) is 5.92. The minimum atomic E-state index is -0.987. The molecule has 4 rings (SSSR count). The van der Waals surface area contributed by atoms with Gasteiger partial charge in [-0.3, -0.25) is 35.1 Å². The smallest absolute Gasteiger partial charge is 0.335 e. The highest BCUT2D eigenvalue weighted by Crippen LogP contribution is 2.43. The summed E-state index contributed by atoms with van der Waals surface area (Å²) in [6.07, 6.45) is 1.15. The van der Waals surface area contributed by atoms with E-state index < -0.39 is 44.6 Å². The van der Waals surface area contributed by atoms with Crippen LogP contribution in [-0.2, 0) is 9.59 Å². The number of barbiturate groups is 1. The fraction of sp³-hybridized carbons (Fsp3) is 0.0417. The first kappa shape index (κ1) is 27.0. The molecule has 1 N–H and O–H groups in total. The second-order valence-electron chi connectivity index (χ2n) is 7.71. The molecule has 13 nitrogen and oxygen atoms in total. The number of carbonyl (C=O) groups is 3. The van der Waals surface area contributed by atoms with Crippen LogP contribution in [0.1, 0.15) is 5.56 Å². The Morgan fingerprint density at radius 2 is 1.64 bits per heavy atom. The topological polar surface area (TPSA) is 171 Å². The van der Waals surface area contributed by atoms with E-state index in [9.17, 15) is 34.6 Å². The maximum atomic E-state index is 13.1. The summed E-state index contributed by atoms with van der Waals surface area (Å²) in [4.78, 5) is 59.6. The molecule has 0 aromatic heterocycles. The molecule has 0 atom stereocenters. The maximum absolute atomic E-state index is 13.1. The van der Waals surface area contributed by atoms with E-state index in [1.807, 2.05) is 0 Å². The second-order valence-corrected chi connectivity index (χ2v) is 8.53. The summed E-state index contributed by atoms with van der Waals surface area (Å²) in [6, 6.07) is 10.4. The number of nitrogens with one attached hydrogen (secondary N) is 1. The molecule has 1 saturated heterocycles. The minimum Gasteiger partial charge on any atom is -0.493 e. The van der Waals surface area contributed by atoms with Crippen molar-refractivity contribution >= 4 is 64.2 Å². The Kier molecular flexibility index (Phi) is 7.47. The molecule has 0 unspecified atom stereocenters. The molecule has 1 heterocycles. The fourth-order valence-corrected chi connectivity index (χ4v) is 4.03. The summed E-state index contributed by atoms with van der Waals surface area (Å²) in [7, 11) is 1.25. The SMILES string of the molecule is COc1cc(/C=C2\C(=O)NC(=O)N(c3ccccc3Cl)C2=O)cc(Cl)c1Oc1ccc([N+](=O)[O-])cc1[N+](=O)[O-]. The van der Waals surface area contributed by atoms with Gasteiger partial charge in [0.05, 0.1) is 38.8 Å². The molecule has 0 radical (unpaired) electrons. The van der Waals surface area contributed by atoms with Crippen molar-refractivity contribution in [1.82, 2.24) is 5.32 Å². The summed E-state index contributed by atoms with van der Waals surface area (Å²) in [6.45, 7) is 0. The van der Waals surface area contributed by atoms with Gasteiger partial charge >= 0.3 is 11.7 Å². The molecule has 1 aliphatic rings. The highest BCUT2D eigenvalue weighted by atomic mass is 35.5. The standard InChI is InChI=1S/C24H14Cl2N4O9/c1-38-20-10-12(8-14-22(31)27-24(33)28(23(14)32)17-5-3-2-4-15(17)25)9-16(26)21(20)39-19-7-6-13(29(34)35)11-18(19)30(36)37/h2-11H,1H3,(H,27,31,33)/b14-8+. The van der Waals surface area contributed by atoms with Gasteiger partial charge in [-0.2, -0.15) is 0 Å². The molecular formula is C24H14Cl2N4O9. The lowest BCUT2D eigenvalue weighted by molar-refractivity contribution is -0.394. The fourth-order valence-electron chi connectivity index (χ4n) is 3.56. The van der Waals surface area contributed by atoms with E-state index in [-0.39, 0.29) is 38.5 Å². The number of methoxy groups -OCH3 is 1. The summed E-state index contributed by atoms with van der Waals surface area (Å²) in [5, 5.41) is 24.5. The van der Waals surface area contributed by atoms with Crippen molar-refractivity contribution in [2.75, 3.05) is 12.0 Å². The molecule has 198 valence electrons. The first-order valence-electron chi connectivity index (χ1n) is 10.7. The number of nitrogens with zero attached hydrogens (tertiary/aromatic N) is 3. The second kappa shape index (κ2) is 10.8. The largest absolute Gasteiger partial charge is 0.493 e. The van der Waals surface area contributed by atoms with Crippen LogP contribution in [-0.4, -0.2) is 34.8 Å². The number of nitro groups is 2. The average molecular weight is 573 g/mol. The van der Waals surface area contributed by atoms with Crippen molar-refractivity contribution in [3.8, 4) is 17.2 Å². The number of rotatable bonds is 7. The minimum absolute atomic E-state index is 0.0512. The number of amides is 4. The number of benzene rings is 3. The van der Waals surface area contributed by atoms with Crippen molar-refractivity contribution in [2.24, 2.45) is 0 Å². The monoisotopic (exact) mass is 572 g/mol. The van der Waals surface area contributed by atoms with E-state index in [0.29, 0.717) is 4.90 Å². The van der Waals surface area contributed by atoms with Crippen LogP contribution >= 0.6 is 23.2 Å². The molecule has 15 heteroatoms. The number of halogens is 2. The summed E-state index contributed by atoms with van der Waals surface area (Å²) >= 11 is 12.5. The van der Waals surface area contributed by atoms with Gasteiger partial charge < -0.3 is 9.47 Å².